The van der Waals surface area contributed by atoms with Gasteiger partial charge in [0.2, 0.25) is 0 Å². The first-order valence-corrected chi connectivity index (χ1v) is 12.9. The van der Waals surface area contributed by atoms with Gasteiger partial charge in [0.05, 0.1) is 18.7 Å². The molecule has 1 aromatic carbocycles. The second-order valence-corrected chi connectivity index (χ2v) is 10.9. The first-order chi connectivity index (χ1) is 16.7. The van der Waals surface area contributed by atoms with Crippen molar-refractivity contribution in [2.75, 3.05) is 7.11 Å². The molecule has 4 aromatic rings. The highest BCUT2D eigenvalue weighted by Crippen LogP contribution is 2.33. The van der Waals surface area contributed by atoms with E-state index in [0.29, 0.717) is 18.7 Å². The van der Waals surface area contributed by atoms with Gasteiger partial charge in [-0.25, -0.2) is 4.68 Å². The highest BCUT2D eigenvalue weighted by Gasteiger charge is 2.34. The number of rotatable bonds is 10. The molecule has 1 N–H and O–H groups in total. The van der Waals surface area contributed by atoms with Gasteiger partial charge < -0.3 is 9.72 Å². The fourth-order valence-electron chi connectivity index (χ4n) is 4.39. The summed E-state index contributed by atoms with van der Waals surface area (Å²) in [6, 6.07) is 11.7. The molecule has 3 aromatic heterocycles. The van der Waals surface area contributed by atoms with Crippen LogP contribution < -0.4 is 10.3 Å². The summed E-state index contributed by atoms with van der Waals surface area (Å²) < 4.78 is 7.34. The summed E-state index contributed by atoms with van der Waals surface area (Å²) in [6.07, 6.45) is 0.896. The van der Waals surface area contributed by atoms with Crippen LogP contribution in [0.5, 0.6) is 5.75 Å². The zero-order valence-electron chi connectivity index (χ0n) is 21.3. The molecule has 0 saturated heterocycles. The van der Waals surface area contributed by atoms with Crippen LogP contribution in [0.25, 0.3) is 10.9 Å². The molecule has 9 heteroatoms. The topological polar surface area (TPSA) is 88.9 Å². The summed E-state index contributed by atoms with van der Waals surface area (Å²) in [5, 5.41) is 16.0. The van der Waals surface area contributed by atoms with Crippen molar-refractivity contribution < 1.29 is 4.74 Å². The van der Waals surface area contributed by atoms with Gasteiger partial charge in [0.1, 0.15) is 5.75 Å². The molecule has 0 radical (unpaired) electrons. The molecular formula is C26H34N6O2S. The van der Waals surface area contributed by atoms with Gasteiger partial charge in [-0.3, -0.25) is 9.69 Å². The Kier molecular flexibility index (Phi) is 7.37. The molecular weight excluding hydrogens is 460 g/mol. The average molecular weight is 495 g/mol. The number of aromatic nitrogens is 5. The third kappa shape index (κ3) is 5.31. The molecule has 1 atom stereocenters. The first kappa shape index (κ1) is 25.1. The smallest absolute Gasteiger partial charge is 0.252 e. The summed E-state index contributed by atoms with van der Waals surface area (Å²) in [5.74, 6) is 1.79. The van der Waals surface area contributed by atoms with E-state index in [1.165, 1.54) is 4.88 Å². The number of ether oxygens (including phenoxy) is 1. The number of nitrogens with zero attached hydrogens (tertiary/aromatic N) is 5. The van der Waals surface area contributed by atoms with Gasteiger partial charge in [-0.05, 0) is 72.3 Å². The Morgan fingerprint density at radius 3 is 2.66 bits per heavy atom. The van der Waals surface area contributed by atoms with Gasteiger partial charge in [0.25, 0.3) is 5.56 Å². The summed E-state index contributed by atoms with van der Waals surface area (Å²) in [6.45, 7) is 11.9. The number of fused-ring (bicyclic) bond motifs is 1. The summed E-state index contributed by atoms with van der Waals surface area (Å²) in [5.41, 5.74) is 1.17. The van der Waals surface area contributed by atoms with Crippen LogP contribution in [0.2, 0.25) is 0 Å². The molecule has 4 rings (SSSR count). The number of nitrogens with one attached hydrogen (secondary N) is 1. The first-order valence-electron chi connectivity index (χ1n) is 12.0. The lowest BCUT2D eigenvalue weighted by Crippen LogP contribution is -2.38. The summed E-state index contributed by atoms with van der Waals surface area (Å²) in [4.78, 5) is 19.7. The maximum atomic E-state index is 13.1. The zero-order valence-corrected chi connectivity index (χ0v) is 22.1. The average Bonchev–Trinajstić information content (AvgIpc) is 3.52. The van der Waals surface area contributed by atoms with Crippen LogP contribution in [0.15, 0.2) is 46.6 Å². The third-order valence-electron chi connectivity index (χ3n) is 6.66. The second kappa shape index (κ2) is 10.3. The molecule has 0 aliphatic heterocycles. The normalized spacial score (nSPS) is 13.1. The predicted molar refractivity (Wildman–Crippen MR) is 140 cm³/mol. The fraction of sp³-hybridized carbons (Fsp3) is 0.462. The highest BCUT2D eigenvalue weighted by molar-refractivity contribution is 7.09. The van der Waals surface area contributed by atoms with E-state index in [2.05, 4.69) is 77.5 Å². The third-order valence-corrected chi connectivity index (χ3v) is 7.52. The quantitative estimate of drug-likeness (QED) is 0.329. The lowest BCUT2D eigenvalue weighted by atomic mass is 9.97. The van der Waals surface area contributed by atoms with Crippen molar-refractivity contribution in [1.29, 1.82) is 0 Å². The van der Waals surface area contributed by atoms with Crippen LogP contribution in [0.1, 0.15) is 63.3 Å². The molecule has 186 valence electrons. The van der Waals surface area contributed by atoms with E-state index >= 15 is 0 Å². The van der Waals surface area contributed by atoms with Crippen LogP contribution in [-0.2, 0) is 18.6 Å². The van der Waals surface area contributed by atoms with Gasteiger partial charge in [-0.2, -0.15) is 0 Å². The molecule has 35 heavy (non-hydrogen) atoms. The molecule has 3 heterocycles. The molecule has 0 saturated carbocycles. The van der Waals surface area contributed by atoms with Gasteiger partial charge in [-0.1, -0.05) is 26.8 Å². The summed E-state index contributed by atoms with van der Waals surface area (Å²) >= 11 is 1.71. The van der Waals surface area contributed by atoms with Crippen molar-refractivity contribution in [2.24, 2.45) is 5.92 Å². The Morgan fingerprint density at radius 1 is 1.20 bits per heavy atom. The van der Waals surface area contributed by atoms with E-state index < -0.39 is 0 Å². The van der Waals surface area contributed by atoms with Crippen molar-refractivity contribution in [3.8, 4) is 5.75 Å². The van der Waals surface area contributed by atoms with Crippen molar-refractivity contribution in [3.63, 3.8) is 0 Å². The molecule has 0 aliphatic carbocycles. The second-order valence-electron chi connectivity index (χ2n) is 9.86. The molecule has 0 spiro atoms. The van der Waals surface area contributed by atoms with Crippen molar-refractivity contribution >= 4 is 22.2 Å². The van der Waals surface area contributed by atoms with Gasteiger partial charge in [0, 0.05) is 34.4 Å². The number of hydrogen-bond acceptors (Lipinski definition) is 7. The Labute approximate surface area is 209 Å². The number of methoxy groups -OCH3 is 1. The van der Waals surface area contributed by atoms with E-state index in [4.69, 9.17) is 4.74 Å². The van der Waals surface area contributed by atoms with E-state index in [9.17, 15) is 4.79 Å². The zero-order chi connectivity index (χ0) is 25.2. The number of aromatic amines is 1. The van der Waals surface area contributed by atoms with Crippen LogP contribution in [0.4, 0.5) is 0 Å². The molecule has 0 unspecified atom stereocenters. The number of tetrazole rings is 1. The highest BCUT2D eigenvalue weighted by atomic mass is 32.1. The minimum atomic E-state index is -0.225. The minimum absolute atomic E-state index is 0.0849. The lowest BCUT2D eigenvalue weighted by molar-refractivity contribution is 0.119. The van der Waals surface area contributed by atoms with Gasteiger partial charge >= 0.3 is 0 Å². The Bertz CT molecular complexity index is 1330. The molecule has 0 amide bonds. The largest absolute Gasteiger partial charge is 0.497 e. The van der Waals surface area contributed by atoms with Crippen LogP contribution in [-0.4, -0.2) is 37.2 Å². The van der Waals surface area contributed by atoms with Crippen LogP contribution in [0.3, 0.4) is 0 Å². The lowest BCUT2D eigenvalue weighted by Gasteiger charge is -2.35. The monoisotopic (exact) mass is 494 g/mol. The van der Waals surface area contributed by atoms with Gasteiger partial charge in [0.15, 0.2) is 5.82 Å². The Morgan fingerprint density at radius 2 is 2.00 bits per heavy atom. The number of hydrogen-bond donors (Lipinski definition) is 1. The summed E-state index contributed by atoms with van der Waals surface area (Å²) in [7, 11) is 1.64. The van der Waals surface area contributed by atoms with Crippen LogP contribution >= 0.6 is 11.3 Å². The Hall–Kier alpha value is -3.04. The molecule has 0 aliphatic rings. The van der Waals surface area contributed by atoms with Crippen molar-refractivity contribution in [1.82, 2.24) is 30.1 Å². The predicted octanol–water partition coefficient (Wildman–Crippen LogP) is 5.13. The maximum Gasteiger partial charge on any atom is 0.252 e. The van der Waals surface area contributed by atoms with E-state index in [-0.39, 0.29) is 23.1 Å². The van der Waals surface area contributed by atoms with E-state index in [0.717, 1.165) is 28.9 Å². The maximum absolute atomic E-state index is 13.1. The fourth-order valence-corrected chi connectivity index (χ4v) is 5.12. The number of thiophene rings is 1. The SMILES string of the molecule is CCC(C)(C)n1nnnc1[C@H](C(C)C)N(Cc1cccs1)Cc1cc2cc(OC)ccc2[nH]c1=O. The van der Waals surface area contributed by atoms with E-state index in [1.807, 2.05) is 28.9 Å². The Balaban J connectivity index is 1.79. The standard InChI is InChI=1S/C26H34N6O2S/c1-7-26(4,5)32-24(28-29-30-32)23(17(2)3)31(16-21-9-8-12-35-21)15-19-13-18-14-20(34-6)10-11-22(18)27-25(19)33/h8-14,17,23H,7,15-16H2,1-6H3,(H,27,33)/t23-/m0/s1. The van der Waals surface area contributed by atoms with Crippen molar-refractivity contribution in [2.45, 2.75) is 65.7 Å². The molecule has 8 nitrogen and oxygen atoms in total. The molecule has 0 fully saturated rings. The number of H-pyrrole nitrogens is 1. The van der Waals surface area contributed by atoms with Crippen LogP contribution in [0, 0.1) is 5.92 Å². The minimum Gasteiger partial charge on any atom is -0.497 e. The van der Waals surface area contributed by atoms with Gasteiger partial charge in [-0.15, -0.1) is 16.4 Å². The number of benzene rings is 1. The van der Waals surface area contributed by atoms with Crippen molar-refractivity contribution in [3.05, 3.63) is 68.4 Å². The number of pyridine rings is 1. The molecule has 0 bridgehead atoms. The van der Waals surface area contributed by atoms with E-state index in [1.54, 1.807) is 18.4 Å².